The Labute approximate surface area is 446 Å². The van der Waals surface area contributed by atoms with E-state index >= 15 is 0 Å². The van der Waals surface area contributed by atoms with Crippen LogP contribution in [-0.2, 0) is 25.9 Å². The molecule has 0 fully saturated rings. The normalized spacial score (nSPS) is 13.1. The molecule has 71 heavy (non-hydrogen) atoms. The number of nitrogens with zero attached hydrogens (tertiary/aromatic N) is 2. The van der Waals surface area contributed by atoms with Gasteiger partial charge in [0.2, 0.25) is 6.67 Å². The van der Waals surface area contributed by atoms with Crippen molar-refractivity contribution in [3.8, 4) is 0 Å². The number of hydrogen-bond donors (Lipinski definition) is 0. The van der Waals surface area contributed by atoms with Gasteiger partial charge in [-0.05, 0) is 90.4 Å². The molecule has 0 atom stereocenters. The van der Waals surface area contributed by atoms with E-state index in [1.807, 2.05) is 9.80 Å². The van der Waals surface area contributed by atoms with Gasteiger partial charge in [-0.25, -0.2) is 0 Å². The summed E-state index contributed by atoms with van der Waals surface area (Å²) in [6.45, 7) is 22.1. The van der Waals surface area contributed by atoms with Crippen LogP contribution in [-0.4, -0.2) is 0 Å². The van der Waals surface area contributed by atoms with Crippen molar-refractivity contribution in [1.82, 2.24) is 0 Å². The Morgan fingerprint density at radius 3 is 0.676 bits per heavy atom. The number of rotatable bonds is 14. The first-order chi connectivity index (χ1) is 34.4. The molecule has 8 aromatic rings. The summed E-state index contributed by atoms with van der Waals surface area (Å²) in [4.78, 5) is 4.08. The zero-order valence-corrected chi connectivity index (χ0v) is 45.0. The van der Waals surface area contributed by atoms with Crippen molar-refractivity contribution in [3.05, 3.63) is 290 Å². The summed E-state index contributed by atoms with van der Waals surface area (Å²) in [6, 6.07) is 75.4. The van der Waals surface area contributed by atoms with Gasteiger partial charge in [-0.3, -0.25) is 9.80 Å². The van der Waals surface area contributed by atoms with Crippen LogP contribution in [0.25, 0.3) is 0 Å². The van der Waals surface area contributed by atoms with Crippen LogP contribution < -0.4 is 9.80 Å². The second-order valence-corrected chi connectivity index (χ2v) is 20.4. The van der Waals surface area contributed by atoms with Crippen LogP contribution in [0.2, 0.25) is 0 Å². The molecule has 2 nitrogen and oxygen atoms in total. The molecular formula is C65H62Cl3CuN2. The fourth-order valence-electron chi connectivity index (χ4n) is 10.9. The molecule has 0 aliphatic carbocycles. The predicted molar refractivity (Wildman–Crippen MR) is 299 cm³/mol. The summed E-state index contributed by atoms with van der Waals surface area (Å²) in [5, 5.41) is 0.851. The van der Waals surface area contributed by atoms with E-state index in [0.29, 0.717) is 10.3 Å². The van der Waals surface area contributed by atoms with Gasteiger partial charge in [0, 0.05) is 0 Å². The molecule has 0 amide bonds. The summed E-state index contributed by atoms with van der Waals surface area (Å²) in [6.07, 6.45) is 0. The van der Waals surface area contributed by atoms with Crippen molar-refractivity contribution in [3.63, 3.8) is 0 Å². The maximum absolute atomic E-state index is 7.66. The van der Waals surface area contributed by atoms with Gasteiger partial charge in [-0.2, -0.15) is 0 Å². The average molecular weight is 1040 g/mol. The Kier molecular flexibility index (Phi) is 16.4. The van der Waals surface area contributed by atoms with Crippen LogP contribution in [0.5, 0.6) is 0 Å². The minimum atomic E-state index is -0.619. The van der Waals surface area contributed by atoms with Crippen LogP contribution in [0, 0.1) is 6.67 Å². The molecule has 9 rings (SSSR count). The van der Waals surface area contributed by atoms with E-state index < -0.39 is 10.8 Å². The monoisotopic (exact) mass is 1040 g/mol. The van der Waals surface area contributed by atoms with Crippen LogP contribution >= 0.6 is 33.3 Å². The molecule has 2 radical (unpaired) electrons. The number of halogens is 3. The fourth-order valence-corrected chi connectivity index (χ4v) is 11.3. The predicted octanol–water partition coefficient (Wildman–Crippen LogP) is 18.6. The Hall–Kier alpha value is -5.51. The van der Waals surface area contributed by atoms with E-state index in [1.54, 1.807) is 0 Å². The zero-order valence-electron chi connectivity index (χ0n) is 41.8. The van der Waals surface area contributed by atoms with Gasteiger partial charge >= 0.3 is 25.2 Å². The van der Waals surface area contributed by atoms with E-state index in [1.165, 1.54) is 66.8 Å². The molecule has 0 N–H and O–H groups in total. The Morgan fingerprint density at radius 2 is 0.507 bits per heavy atom. The summed E-state index contributed by atoms with van der Waals surface area (Å²) in [5.41, 5.74) is 15.1. The van der Waals surface area contributed by atoms with E-state index in [0.717, 1.165) is 11.4 Å². The van der Waals surface area contributed by atoms with E-state index in [4.69, 9.17) is 23.2 Å². The SMILES string of the molecule is CC(C)c1cc(C(c2ccccc2)(c2ccccc2)c2ccccc2)cc(C(C)C)c1N1[C]N(c2c(C(C)C)cc(C(c3ccccc3)(c3ccccc3)c3ccccc3)cc2C(C)C)C(Cl)=C1Cl.[Cl][Cu]. The first-order valence-corrected chi connectivity index (χ1v) is 26.7. The Balaban J connectivity index is 0.00000334. The van der Waals surface area contributed by atoms with Crippen LogP contribution in [0.4, 0.5) is 11.4 Å². The molecule has 1 aliphatic rings. The number of benzene rings is 8. The quantitative estimate of drug-likeness (QED) is 0.0608. The standard InChI is InChI=1S/C65H62Cl2N2.ClH.Cu/c1-44(2)56-39-54(64(48-27-15-9-16-28-48,49-29-17-10-18-30-49)50-31-19-11-20-32-50)40-57(45(3)4)60(56)68-43-69(63(67)62(68)66)61-58(46(5)6)41-55(42-59(61)47(7)8)65(51-33-21-12-22-34-51,52-35-23-13-24-36-52)53-37-25-14-26-38-53;;/h9-42,44-47H,1-8H3;1H;/q;;+1/p-1. The fraction of sp³-hybridized carbons (Fsp3) is 0.215. The third-order valence-electron chi connectivity index (χ3n) is 14.1. The van der Waals surface area contributed by atoms with E-state index in [-0.39, 0.29) is 23.7 Å². The molecule has 1 heterocycles. The minimum absolute atomic E-state index is 0.121. The van der Waals surface area contributed by atoms with Gasteiger partial charge < -0.3 is 0 Å². The molecule has 0 saturated heterocycles. The van der Waals surface area contributed by atoms with Crippen LogP contribution in [0.3, 0.4) is 0 Å². The first-order valence-electron chi connectivity index (χ1n) is 24.6. The third kappa shape index (κ3) is 9.54. The molecule has 6 heteroatoms. The van der Waals surface area contributed by atoms with Crippen molar-refractivity contribution in [2.75, 3.05) is 9.80 Å². The molecule has 8 aromatic carbocycles. The van der Waals surface area contributed by atoms with Crippen molar-refractivity contribution >= 4 is 44.7 Å². The molecule has 364 valence electrons. The van der Waals surface area contributed by atoms with Crippen LogP contribution in [0.1, 0.15) is 146 Å². The van der Waals surface area contributed by atoms with Crippen molar-refractivity contribution < 1.29 is 15.1 Å². The summed E-state index contributed by atoms with van der Waals surface area (Å²) in [7, 11) is 4.20. The van der Waals surface area contributed by atoms with Gasteiger partial charge in [0.25, 0.3) is 0 Å². The molecule has 0 bridgehead atoms. The van der Waals surface area contributed by atoms with Gasteiger partial charge in [-0.15, -0.1) is 0 Å². The molecule has 0 aromatic heterocycles. The summed E-state index contributed by atoms with van der Waals surface area (Å²) in [5.74, 6) is 0.483. The number of hydrogen-bond acceptors (Lipinski definition) is 2. The molecule has 0 unspecified atom stereocenters. The van der Waals surface area contributed by atoms with E-state index in [9.17, 15) is 0 Å². The topological polar surface area (TPSA) is 6.48 Å². The zero-order chi connectivity index (χ0) is 50.5. The van der Waals surface area contributed by atoms with Gasteiger partial charge in [0.15, 0.2) is 0 Å². The van der Waals surface area contributed by atoms with Crippen LogP contribution in [0.15, 0.2) is 217 Å². The Bertz CT molecular complexity index is 2590. The second-order valence-electron chi connectivity index (χ2n) is 19.7. The van der Waals surface area contributed by atoms with E-state index in [2.05, 4.69) is 294 Å². The van der Waals surface area contributed by atoms with Crippen molar-refractivity contribution in [2.24, 2.45) is 0 Å². The Morgan fingerprint density at radius 1 is 0.324 bits per heavy atom. The van der Waals surface area contributed by atoms with Gasteiger partial charge in [-0.1, -0.05) is 285 Å². The first kappa shape index (κ1) is 51.8. The molecule has 0 saturated carbocycles. The van der Waals surface area contributed by atoms with Gasteiger partial charge in [0.05, 0.1) is 22.2 Å². The van der Waals surface area contributed by atoms with Gasteiger partial charge in [0.1, 0.15) is 10.3 Å². The number of anilines is 2. The summed E-state index contributed by atoms with van der Waals surface area (Å²) < 4.78 is 0. The average Bonchev–Trinajstić information content (AvgIpc) is 3.70. The maximum atomic E-state index is 7.66. The molecular weight excluding hydrogens is 979 g/mol. The second kappa shape index (κ2) is 22.5. The third-order valence-corrected chi connectivity index (χ3v) is 14.9. The molecule has 0 spiro atoms. The summed E-state index contributed by atoms with van der Waals surface area (Å²) >= 11 is 19.0. The molecule has 1 aliphatic heterocycles. The van der Waals surface area contributed by atoms with Crippen molar-refractivity contribution in [1.29, 1.82) is 0 Å². The van der Waals surface area contributed by atoms with Crippen molar-refractivity contribution in [2.45, 2.75) is 89.9 Å².